The number of hydrogen-bond acceptors (Lipinski definition) is 6. The second-order valence-corrected chi connectivity index (χ2v) is 10.9. The van der Waals surface area contributed by atoms with E-state index in [1.54, 1.807) is 50.4 Å². The molecule has 0 aliphatic rings. The molecular formula is C27H39N3O6S. The van der Waals surface area contributed by atoms with E-state index in [0.717, 1.165) is 18.2 Å². The van der Waals surface area contributed by atoms with Crippen LogP contribution in [0.4, 0.5) is 5.69 Å². The molecule has 2 aromatic carbocycles. The van der Waals surface area contributed by atoms with E-state index in [-0.39, 0.29) is 43.8 Å². The standard InChI is InChI=1S/C27H39N3O6S/c1-7-20(2)28-27(32)21(3)29(19-22-13-15-24(35-4)16-14-22)26(31)12-9-17-30(37(6,33)34)23-10-8-11-25(18-23)36-5/h8,10-11,13-16,18,20-21H,7,9,12,17,19H2,1-6H3,(H,28,32)/t20-,21+/m0/s1. The number of carbonyl (C=O) groups is 2. The zero-order valence-corrected chi connectivity index (χ0v) is 23.4. The number of sulfonamides is 1. The molecule has 10 heteroatoms. The lowest BCUT2D eigenvalue weighted by molar-refractivity contribution is -0.140. The van der Waals surface area contributed by atoms with Crippen molar-refractivity contribution in [3.05, 3.63) is 54.1 Å². The Morgan fingerprint density at radius 1 is 1.00 bits per heavy atom. The molecule has 0 saturated carbocycles. The van der Waals surface area contributed by atoms with Gasteiger partial charge in [-0.3, -0.25) is 13.9 Å². The molecule has 2 rings (SSSR count). The summed E-state index contributed by atoms with van der Waals surface area (Å²) < 4.78 is 36.7. The summed E-state index contributed by atoms with van der Waals surface area (Å²) in [5.41, 5.74) is 1.32. The van der Waals surface area contributed by atoms with E-state index in [4.69, 9.17) is 9.47 Å². The molecular weight excluding hydrogens is 494 g/mol. The molecule has 37 heavy (non-hydrogen) atoms. The van der Waals surface area contributed by atoms with E-state index in [1.807, 2.05) is 26.0 Å². The van der Waals surface area contributed by atoms with Crippen LogP contribution in [0, 0.1) is 0 Å². The van der Waals surface area contributed by atoms with Crippen molar-refractivity contribution in [2.24, 2.45) is 0 Å². The number of benzene rings is 2. The maximum Gasteiger partial charge on any atom is 0.242 e. The molecule has 0 bridgehead atoms. The molecule has 2 aromatic rings. The normalized spacial score (nSPS) is 12.8. The first-order valence-electron chi connectivity index (χ1n) is 12.3. The SMILES string of the molecule is CC[C@H](C)NC(=O)[C@@H](C)N(Cc1ccc(OC)cc1)C(=O)CCCN(c1cccc(OC)c1)S(C)(=O)=O. The van der Waals surface area contributed by atoms with Gasteiger partial charge in [-0.15, -0.1) is 0 Å². The Morgan fingerprint density at radius 2 is 1.65 bits per heavy atom. The molecule has 0 saturated heterocycles. The van der Waals surface area contributed by atoms with E-state index in [0.29, 0.717) is 17.2 Å². The maximum atomic E-state index is 13.4. The molecule has 0 fully saturated rings. The lowest BCUT2D eigenvalue weighted by Gasteiger charge is -2.30. The summed E-state index contributed by atoms with van der Waals surface area (Å²) in [7, 11) is -0.492. The highest BCUT2D eigenvalue weighted by Gasteiger charge is 2.27. The van der Waals surface area contributed by atoms with Crippen LogP contribution in [-0.4, -0.2) is 64.2 Å². The largest absolute Gasteiger partial charge is 0.497 e. The van der Waals surface area contributed by atoms with Crippen LogP contribution in [0.25, 0.3) is 0 Å². The lowest BCUT2D eigenvalue weighted by Crippen LogP contribution is -2.49. The first-order chi connectivity index (χ1) is 17.5. The van der Waals surface area contributed by atoms with Gasteiger partial charge in [0.25, 0.3) is 0 Å². The fraction of sp³-hybridized carbons (Fsp3) is 0.481. The predicted octanol–water partition coefficient (Wildman–Crippen LogP) is 3.58. The molecule has 0 heterocycles. The van der Waals surface area contributed by atoms with Gasteiger partial charge in [0.05, 0.1) is 26.2 Å². The molecule has 0 aromatic heterocycles. The smallest absolute Gasteiger partial charge is 0.242 e. The average molecular weight is 534 g/mol. The third-order valence-electron chi connectivity index (χ3n) is 6.17. The Hall–Kier alpha value is -3.27. The van der Waals surface area contributed by atoms with Crippen molar-refractivity contribution in [3.8, 4) is 11.5 Å². The van der Waals surface area contributed by atoms with Gasteiger partial charge in [0.2, 0.25) is 21.8 Å². The van der Waals surface area contributed by atoms with Crippen LogP contribution in [-0.2, 0) is 26.2 Å². The van der Waals surface area contributed by atoms with Crippen LogP contribution < -0.4 is 19.1 Å². The monoisotopic (exact) mass is 533 g/mol. The Balaban J connectivity index is 2.19. The Bertz CT molecular complexity index is 1140. The molecule has 0 radical (unpaired) electrons. The first-order valence-corrected chi connectivity index (χ1v) is 14.2. The summed E-state index contributed by atoms with van der Waals surface area (Å²) in [6.45, 7) is 5.95. The fourth-order valence-electron chi connectivity index (χ4n) is 3.75. The molecule has 0 aliphatic carbocycles. The summed E-state index contributed by atoms with van der Waals surface area (Å²) in [6, 6.07) is 13.4. The van der Waals surface area contributed by atoms with E-state index in [2.05, 4.69) is 5.32 Å². The second-order valence-electron chi connectivity index (χ2n) is 9.00. The topological polar surface area (TPSA) is 105 Å². The number of anilines is 1. The molecule has 204 valence electrons. The van der Waals surface area contributed by atoms with Crippen molar-refractivity contribution in [2.45, 2.75) is 58.7 Å². The third kappa shape index (κ3) is 8.96. The van der Waals surface area contributed by atoms with Crippen molar-refractivity contribution in [1.82, 2.24) is 10.2 Å². The van der Waals surface area contributed by atoms with Gasteiger partial charge in [0.15, 0.2) is 0 Å². The number of amides is 2. The quantitative estimate of drug-likeness (QED) is 0.398. The van der Waals surface area contributed by atoms with E-state index < -0.39 is 16.1 Å². The maximum absolute atomic E-state index is 13.4. The lowest BCUT2D eigenvalue weighted by atomic mass is 10.1. The summed E-state index contributed by atoms with van der Waals surface area (Å²) in [6.07, 6.45) is 2.26. The van der Waals surface area contributed by atoms with Crippen LogP contribution in [0.15, 0.2) is 48.5 Å². The van der Waals surface area contributed by atoms with Gasteiger partial charge in [0.1, 0.15) is 17.5 Å². The Kier molecular flexibility index (Phi) is 11.2. The van der Waals surface area contributed by atoms with Crippen LogP contribution in [0.2, 0.25) is 0 Å². The summed E-state index contributed by atoms with van der Waals surface area (Å²) in [5, 5.41) is 2.94. The molecule has 0 unspecified atom stereocenters. The minimum atomic E-state index is -3.59. The van der Waals surface area contributed by atoms with Gasteiger partial charge in [-0.05, 0) is 56.5 Å². The van der Waals surface area contributed by atoms with Crippen LogP contribution in [0.1, 0.15) is 45.6 Å². The number of carbonyl (C=O) groups excluding carboxylic acids is 2. The van der Waals surface area contributed by atoms with E-state index >= 15 is 0 Å². The van der Waals surface area contributed by atoms with Crippen LogP contribution >= 0.6 is 0 Å². The molecule has 2 amide bonds. The van der Waals surface area contributed by atoms with Crippen molar-refractivity contribution in [3.63, 3.8) is 0 Å². The average Bonchev–Trinajstić information content (AvgIpc) is 2.88. The molecule has 2 atom stereocenters. The van der Waals surface area contributed by atoms with Crippen molar-refractivity contribution in [2.75, 3.05) is 31.3 Å². The minimum Gasteiger partial charge on any atom is -0.497 e. The highest BCUT2D eigenvalue weighted by molar-refractivity contribution is 7.92. The zero-order valence-electron chi connectivity index (χ0n) is 22.6. The number of nitrogens with zero attached hydrogens (tertiary/aromatic N) is 2. The summed E-state index contributed by atoms with van der Waals surface area (Å²) in [5.74, 6) is 0.767. The van der Waals surface area contributed by atoms with Crippen LogP contribution in [0.5, 0.6) is 11.5 Å². The van der Waals surface area contributed by atoms with Gasteiger partial charge in [-0.2, -0.15) is 0 Å². The minimum absolute atomic E-state index is 0.0147. The van der Waals surface area contributed by atoms with Crippen molar-refractivity contribution < 1.29 is 27.5 Å². The van der Waals surface area contributed by atoms with Gasteiger partial charge in [0, 0.05) is 31.6 Å². The number of hydrogen-bond donors (Lipinski definition) is 1. The van der Waals surface area contributed by atoms with Gasteiger partial charge in [-0.25, -0.2) is 8.42 Å². The summed E-state index contributed by atoms with van der Waals surface area (Å²) >= 11 is 0. The van der Waals surface area contributed by atoms with E-state index in [1.165, 1.54) is 16.3 Å². The van der Waals surface area contributed by atoms with Crippen LogP contribution in [0.3, 0.4) is 0 Å². The number of nitrogens with one attached hydrogen (secondary N) is 1. The number of ether oxygens (including phenoxy) is 2. The third-order valence-corrected chi connectivity index (χ3v) is 7.37. The van der Waals surface area contributed by atoms with E-state index in [9.17, 15) is 18.0 Å². The number of methoxy groups -OCH3 is 2. The van der Waals surface area contributed by atoms with Gasteiger partial charge < -0.3 is 19.7 Å². The Labute approximate surface area is 220 Å². The zero-order chi connectivity index (χ0) is 27.6. The summed E-state index contributed by atoms with van der Waals surface area (Å²) in [4.78, 5) is 27.8. The fourth-order valence-corrected chi connectivity index (χ4v) is 4.70. The first kappa shape index (κ1) is 30.0. The highest BCUT2D eigenvalue weighted by Crippen LogP contribution is 2.24. The molecule has 0 aliphatic heterocycles. The molecule has 1 N–H and O–H groups in total. The Morgan fingerprint density at radius 3 is 2.22 bits per heavy atom. The molecule has 9 nitrogen and oxygen atoms in total. The predicted molar refractivity (Wildman–Crippen MR) is 145 cm³/mol. The van der Waals surface area contributed by atoms with Gasteiger partial charge >= 0.3 is 0 Å². The van der Waals surface area contributed by atoms with Crippen molar-refractivity contribution >= 4 is 27.5 Å². The second kappa shape index (κ2) is 13.9. The van der Waals surface area contributed by atoms with Crippen molar-refractivity contribution in [1.29, 1.82) is 0 Å². The highest BCUT2D eigenvalue weighted by atomic mass is 32.2. The molecule has 0 spiro atoms. The number of rotatable bonds is 14. The van der Waals surface area contributed by atoms with Gasteiger partial charge in [-0.1, -0.05) is 25.1 Å².